The summed E-state index contributed by atoms with van der Waals surface area (Å²) >= 11 is 0. The molecule has 7 nitrogen and oxygen atoms in total. The largest absolute Gasteiger partial charge is 0.380 e. The number of nitrogens with zero attached hydrogens (tertiary/aromatic N) is 2. The van der Waals surface area contributed by atoms with Gasteiger partial charge in [0.05, 0.1) is 31.6 Å². The van der Waals surface area contributed by atoms with Crippen LogP contribution in [0.5, 0.6) is 0 Å². The van der Waals surface area contributed by atoms with Crippen molar-refractivity contribution in [3.8, 4) is 0 Å². The van der Waals surface area contributed by atoms with Gasteiger partial charge in [-0.2, -0.15) is 5.10 Å². The molecule has 2 atom stereocenters. The lowest BCUT2D eigenvalue weighted by Crippen LogP contribution is -2.50. The summed E-state index contributed by atoms with van der Waals surface area (Å²) in [6.45, 7) is 5.34. The first-order valence-corrected chi connectivity index (χ1v) is 8.70. The molecular formula is C14H23N3O4S. The van der Waals surface area contributed by atoms with Crippen LogP contribution >= 0.6 is 0 Å². The molecule has 0 spiro atoms. The smallest absolute Gasteiger partial charge is 0.244 e. The zero-order valence-electron chi connectivity index (χ0n) is 13.2. The number of hydrogen-bond donors (Lipinski definition) is 1. The molecule has 22 heavy (non-hydrogen) atoms. The Morgan fingerprint density at radius 1 is 1.59 bits per heavy atom. The van der Waals surface area contributed by atoms with Crippen LogP contribution in [0.25, 0.3) is 0 Å². The second-order valence-electron chi connectivity index (χ2n) is 5.59. The van der Waals surface area contributed by atoms with Gasteiger partial charge in [0.25, 0.3) is 0 Å². The van der Waals surface area contributed by atoms with Crippen LogP contribution in [0.1, 0.15) is 20.3 Å². The summed E-state index contributed by atoms with van der Waals surface area (Å²) in [4.78, 5) is 0.142. The molecule has 0 aromatic carbocycles. The molecule has 8 heteroatoms. The van der Waals surface area contributed by atoms with Gasteiger partial charge >= 0.3 is 0 Å². The first kappa shape index (κ1) is 17.1. The molecule has 1 fully saturated rings. The SMILES string of the molecule is CC(C)=CCO[C@@H]1CCOC[C@@H]1NS(=O)(=O)c1cnn(C)c1. The van der Waals surface area contributed by atoms with E-state index in [1.807, 2.05) is 19.9 Å². The second kappa shape index (κ2) is 7.36. The first-order chi connectivity index (χ1) is 10.4. The molecule has 1 aromatic heterocycles. The van der Waals surface area contributed by atoms with E-state index >= 15 is 0 Å². The van der Waals surface area contributed by atoms with Crippen molar-refractivity contribution in [2.24, 2.45) is 7.05 Å². The van der Waals surface area contributed by atoms with Crippen molar-refractivity contribution >= 4 is 10.0 Å². The van der Waals surface area contributed by atoms with E-state index in [4.69, 9.17) is 9.47 Å². The van der Waals surface area contributed by atoms with Crippen LogP contribution in [0.15, 0.2) is 28.9 Å². The van der Waals surface area contributed by atoms with Crippen LogP contribution < -0.4 is 4.72 Å². The summed E-state index contributed by atoms with van der Waals surface area (Å²) in [7, 11) is -1.95. The summed E-state index contributed by atoms with van der Waals surface area (Å²) < 4.78 is 40.0. The Bertz CT molecular complexity index is 620. The van der Waals surface area contributed by atoms with E-state index in [0.29, 0.717) is 26.2 Å². The Kier molecular flexibility index (Phi) is 5.74. The number of ether oxygens (including phenoxy) is 2. The Balaban J connectivity index is 2.03. The lowest BCUT2D eigenvalue weighted by molar-refractivity contribution is -0.0418. The van der Waals surface area contributed by atoms with E-state index in [1.165, 1.54) is 22.6 Å². The van der Waals surface area contributed by atoms with Gasteiger partial charge in [-0.1, -0.05) is 11.6 Å². The number of hydrogen-bond acceptors (Lipinski definition) is 5. The maximum Gasteiger partial charge on any atom is 0.244 e. The molecule has 1 N–H and O–H groups in total. The quantitative estimate of drug-likeness (QED) is 0.782. The molecule has 124 valence electrons. The van der Waals surface area contributed by atoms with Crippen LogP contribution in [-0.2, 0) is 26.5 Å². The van der Waals surface area contributed by atoms with Crippen molar-refractivity contribution in [3.05, 3.63) is 24.0 Å². The lowest BCUT2D eigenvalue weighted by atomic mass is 10.1. The Morgan fingerprint density at radius 3 is 3.00 bits per heavy atom. The molecule has 0 unspecified atom stereocenters. The van der Waals surface area contributed by atoms with Gasteiger partial charge in [0.1, 0.15) is 4.90 Å². The van der Waals surface area contributed by atoms with Crippen LogP contribution in [-0.4, -0.2) is 50.2 Å². The summed E-state index contributed by atoms with van der Waals surface area (Å²) in [6.07, 6.45) is 5.23. The Hall–Kier alpha value is -1.22. The highest BCUT2D eigenvalue weighted by Crippen LogP contribution is 2.16. The highest BCUT2D eigenvalue weighted by molar-refractivity contribution is 7.89. The normalized spacial score (nSPS) is 22.5. The number of allylic oxidation sites excluding steroid dienone is 1. The molecule has 2 rings (SSSR count). The fraction of sp³-hybridized carbons (Fsp3) is 0.643. The Morgan fingerprint density at radius 2 is 2.36 bits per heavy atom. The van der Waals surface area contributed by atoms with Crippen LogP contribution in [0.2, 0.25) is 0 Å². The highest BCUT2D eigenvalue weighted by atomic mass is 32.2. The molecule has 0 amide bonds. The molecule has 0 aliphatic carbocycles. The van der Waals surface area contributed by atoms with E-state index in [1.54, 1.807) is 7.05 Å². The van der Waals surface area contributed by atoms with Crippen LogP contribution in [0, 0.1) is 0 Å². The molecular weight excluding hydrogens is 306 g/mol. The summed E-state index contributed by atoms with van der Waals surface area (Å²) in [5, 5.41) is 3.89. The van der Waals surface area contributed by atoms with E-state index in [9.17, 15) is 8.42 Å². The molecule has 1 aromatic rings. The van der Waals surface area contributed by atoms with Crippen molar-refractivity contribution in [2.75, 3.05) is 19.8 Å². The summed E-state index contributed by atoms with van der Waals surface area (Å²) in [5.41, 5.74) is 1.17. The van der Waals surface area contributed by atoms with Crippen molar-refractivity contribution in [3.63, 3.8) is 0 Å². The molecule has 0 radical (unpaired) electrons. The monoisotopic (exact) mass is 329 g/mol. The van der Waals surface area contributed by atoms with Gasteiger partial charge in [-0.3, -0.25) is 4.68 Å². The van der Waals surface area contributed by atoms with E-state index < -0.39 is 16.1 Å². The van der Waals surface area contributed by atoms with Crippen molar-refractivity contribution in [1.29, 1.82) is 0 Å². The molecule has 2 heterocycles. The molecule has 0 saturated carbocycles. The minimum Gasteiger partial charge on any atom is -0.380 e. The average Bonchev–Trinajstić information content (AvgIpc) is 2.87. The van der Waals surface area contributed by atoms with E-state index in [-0.39, 0.29) is 11.0 Å². The third-order valence-electron chi connectivity index (χ3n) is 3.39. The van der Waals surface area contributed by atoms with Gasteiger partial charge in [0, 0.05) is 19.9 Å². The fourth-order valence-corrected chi connectivity index (χ4v) is 3.40. The summed E-state index contributed by atoms with van der Waals surface area (Å²) in [6, 6.07) is -0.399. The molecule has 1 aliphatic rings. The number of aromatic nitrogens is 2. The van der Waals surface area contributed by atoms with E-state index in [0.717, 1.165) is 0 Å². The number of sulfonamides is 1. The Labute approximate surface area is 131 Å². The molecule has 1 aliphatic heterocycles. The van der Waals surface area contributed by atoms with Crippen molar-refractivity contribution in [1.82, 2.24) is 14.5 Å². The van der Waals surface area contributed by atoms with E-state index in [2.05, 4.69) is 9.82 Å². The maximum atomic E-state index is 12.4. The summed E-state index contributed by atoms with van der Waals surface area (Å²) in [5.74, 6) is 0. The lowest BCUT2D eigenvalue weighted by Gasteiger charge is -2.31. The fourth-order valence-electron chi connectivity index (χ4n) is 2.17. The number of aryl methyl sites for hydroxylation is 1. The van der Waals surface area contributed by atoms with Gasteiger partial charge in [0.2, 0.25) is 10.0 Å². The molecule has 0 bridgehead atoms. The topological polar surface area (TPSA) is 82.4 Å². The van der Waals surface area contributed by atoms with Crippen molar-refractivity contribution in [2.45, 2.75) is 37.3 Å². The van der Waals surface area contributed by atoms with Gasteiger partial charge in [-0.25, -0.2) is 13.1 Å². The third kappa shape index (κ3) is 4.64. The second-order valence-corrected chi connectivity index (χ2v) is 7.31. The number of nitrogens with one attached hydrogen (secondary N) is 1. The predicted octanol–water partition coefficient (Wildman–Crippen LogP) is 0.839. The molecule has 1 saturated heterocycles. The van der Waals surface area contributed by atoms with Gasteiger partial charge < -0.3 is 9.47 Å². The van der Waals surface area contributed by atoms with Gasteiger partial charge in [-0.15, -0.1) is 0 Å². The highest BCUT2D eigenvalue weighted by Gasteiger charge is 2.31. The van der Waals surface area contributed by atoms with Gasteiger partial charge in [-0.05, 0) is 20.3 Å². The van der Waals surface area contributed by atoms with Crippen LogP contribution in [0.3, 0.4) is 0 Å². The number of rotatable bonds is 6. The van der Waals surface area contributed by atoms with Gasteiger partial charge in [0.15, 0.2) is 0 Å². The van der Waals surface area contributed by atoms with Crippen molar-refractivity contribution < 1.29 is 17.9 Å². The zero-order valence-corrected chi connectivity index (χ0v) is 14.0. The average molecular weight is 329 g/mol. The minimum atomic E-state index is -3.62. The standard InChI is InChI=1S/C14H23N3O4S/c1-11(2)4-7-21-14-5-6-20-10-13(14)16-22(18,19)12-8-15-17(3)9-12/h4,8-9,13-14,16H,5-7,10H2,1-3H3/t13-,14+/m0/s1. The predicted molar refractivity (Wildman–Crippen MR) is 81.9 cm³/mol. The third-order valence-corrected chi connectivity index (χ3v) is 4.84. The minimum absolute atomic E-state index is 0.142. The van der Waals surface area contributed by atoms with Crippen LogP contribution in [0.4, 0.5) is 0 Å². The maximum absolute atomic E-state index is 12.4. The first-order valence-electron chi connectivity index (χ1n) is 7.22. The zero-order chi connectivity index (χ0) is 16.2.